The van der Waals surface area contributed by atoms with Crippen LogP contribution in [-0.2, 0) is 4.79 Å². The molecule has 88 valence electrons. The molecular formula is C12H18N2O2. The van der Waals surface area contributed by atoms with E-state index in [9.17, 15) is 4.79 Å². The molecule has 0 aliphatic rings. The quantitative estimate of drug-likeness (QED) is 0.711. The first-order valence-corrected chi connectivity index (χ1v) is 5.23. The highest BCUT2D eigenvalue weighted by Crippen LogP contribution is 2.20. The van der Waals surface area contributed by atoms with Gasteiger partial charge in [0.25, 0.3) is 0 Å². The maximum absolute atomic E-state index is 10.6. The fourth-order valence-electron chi connectivity index (χ4n) is 1.66. The van der Waals surface area contributed by atoms with Crippen molar-refractivity contribution in [1.82, 2.24) is 0 Å². The smallest absolute Gasteiger partial charge is 0.320 e. The number of carbonyl (C=O) groups is 1. The Hall–Kier alpha value is -1.39. The topological polar surface area (TPSA) is 89.3 Å². The Balaban J connectivity index is 2.83. The molecule has 1 rings (SSSR count). The van der Waals surface area contributed by atoms with Crippen LogP contribution in [0.25, 0.3) is 0 Å². The lowest BCUT2D eigenvalue weighted by atomic mass is 9.95. The third-order valence-electron chi connectivity index (χ3n) is 2.66. The third kappa shape index (κ3) is 3.05. The van der Waals surface area contributed by atoms with Crippen LogP contribution in [0.2, 0.25) is 0 Å². The largest absolute Gasteiger partial charge is 0.480 e. The Labute approximate surface area is 95.3 Å². The Kier molecular flexibility index (Phi) is 4.04. The van der Waals surface area contributed by atoms with E-state index in [2.05, 4.69) is 0 Å². The maximum Gasteiger partial charge on any atom is 0.320 e. The average molecular weight is 222 g/mol. The van der Waals surface area contributed by atoms with Gasteiger partial charge in [-0.1, -0.05) is 23.8 Å². The van der Waals surface area contributed by atoms with E-state index in [4.69, 9.17) is 16.6 Å². The van der Waals surface area contributed by atoms with E-state index in [1.165, 1.54) is 0 Å². The highest BCUT2D eigenvalue weighted by Gasteiger charge is 2.18. The molecule has 2 unspecified atom stereocenters. The summed E-state index contributed by atoms with van der Waals surface area (Å²) >= 11 is 0. The van der Waals surface area contributed by atoms with E-state index in [1.807, 2.05) is 32.0 Å². The summed E-state index contributed by atoms with van der Waals surface area (Å²) in [5.41, 5.74) is 14.6. The Morgan fingerprint density at radius 2 is 2.00 bits per heavy atom. The number of benzene rings is 1. The SMILES string of the molecule is Cc1ccc(C)c(C(N)CC(N)C(=O)O)c1. The molecule has 5 N–H and O–H groups in total. The summed E-state index contributed by atoms with van der Waals surface area (Å²) in [6.07, 6.45) is 0.250. The van der Waals surface area contributed by atoms with Crippen molar-refractivity contribution in [2.24, 2.45) is 11.5 Å². The molecule has 0 aliphatic heterocycles. The van der Waals surface area contributed by atoms with Gasteiger partial charge in [0.1, 0.15) is 6.04 Å². The Morgan fingerprint density at radius 1 is 1.38 bits per heavy atom. The van der Waals surface area contributed by atoms with Gasteiger partial charge in [-0.2, -0.15) is 0 Å². The van der Waals surface area contributed by atoms with Crippen molar-refractivity contribution in [2.75, 3.05) is 0 Å². The summed E-state index contributed by atoms with van der Waals surface area (Å²) in [4.78, 5) is 10.6. The predicted molar refractivity (Wildman–Crippen MR) is 63.1 cm³/mol. The lowest BCUT2D eigenvalue weighted by Gasteiger charge is -2.17. The van der Waals surface area contributed by atoms with Crippen LogP contribution in [0.5, 0.6) is 0 Å². The van der Waals surface area contributed by atoms with E-state index in [0.29, 0.717) is 0 Å². The molecule has 0 amide bonds. The number of hydrogen-bond acceptors (Lipinski definition) is 3. The number of hydrogen-bond donors (Lipinski definition) is 3. The zero-order valence-corrected chi connectivity index (χ0v) is 9.60. The van der Waals surface area contributed by atoms with Gasteiger partial charge in [0, 0.05) is 6.04 Å². The molecule has 16 heavy (non-hydrogen) atoms. The van der Waals surface area contributed by atoms with Crippen molar-refractivity contribution < 1.29 is 9.90 Å². The molecule has 0 saturated heterocycles. The van der Waals surface area contributed by atoms with Crippen LogP contribution < -0.4 is 11.5 Å². The first-order chi connectivity index (χ1) is 7.41. The van der Waals surface area contributed by atoms with E-state index in [-0.39, 0.29) is 12.5 Å². The molecule has 1 aromatic rings. The van der Waals surface area contributed by atoms with Gasteiger partial charge in [-0.25, -0.2) is 0 Å². The molecule has 0 bridgehead atoms. The minimum absolute atomic E-state index is 0.250. The number of carboxylic acid groups (broad SMARTS) is 1. The maximum atomic E-state index is 10.6. The predicted octanol–water partition coefficient (Wildman–Crippen LogP) is 1.11. The molecule has 1 aromatic carbocycles. The highest BCUT2D eigenvalue weighted by molar-refractivity contribution is 5.73. The van der Waals surface area contributed by atoms with Crippen LogP contribution >= 0.6 is 0 Å². The van der Waals surface area contributed by atoms with Gasteiger partial charge in [-0.15, -0.1) is 0 Å². The summed E-state index contributed by atoms with van der Waals surface area (Å²) in [5.74, 6) is -1.01. The Morgan fingerprint density at radius 3 is 2.56 bits per heavy atom. The number of aliphatic carboxylic acids is 1. The van der Waals surface area contributed by atoms with Crippen molar-refractivity contribution in [3.8, 4) is 0 Å². The zero-order valence-electron chi connectivity index (χ0n) is 9.60. The van der Waals surface area contributed by atoms with Crippen LogP contribution in [0.1, 0.15) is 29.2 Å². The van der Waals surface area contributed by atoms with Gasteiger partial charge < -0.3 is 16.6 Å². The molecule has 0 aliphatic carbocycles. The molecule has 0 aromatic heterocycles. The van der Waals surface area contributed by atoms with Gasteiger partial charge in [0.15, 0.2) is 0 Å². The molecule has 2 atom stereocenters. The summed E-state index contributed by atoms with van der Waals surface area (Å²) in [6, 6.07) is 4.73. The second kappa shape index (κ2) is 5.09. The summed E-state index contributed by atoms with van der Waals surface area (Å²) < 4.78 is 0. The van der Waals surface area contributed by atoms with Crippen molar-refractivity contribution >= 4 is 5.97 Å². The second-order valence-electron chi connectivity index (χ2n) is 4.15. The Bertz CT molecular complexity index is 391. The third-order valence-corrected chi connectivity index (χ3v) is 2.66. The van der Waals surface area contributed by atoms with Gasteiger partial charge in [0.2, 0.25) is 0 Å². The molecule has 0 saturated carbocycles. The van der Waals surface area contributed by atoms with Gasteiger partial charge in [-0.3, -0.25) is 4.79 Å². The fraction of sp³-hybridized carbons (Fsp3) is 0.417. The monoisotopic (exact) mass is 222 g/mol. The minimum atomic E-state index is -1.01. The van der Waals surface area contributed by atoms with Crippen LogP contribution in [-0.4, -0.2) is 17.1 Å². The average Bonchev–Trinajstić information content (AvgIpc) is 2.21. The number of nitrogens with two attached hydrogens (primary N) is 2. The second-order valence-corrected chi connectivity index (χ2v) is 4.15. The van der Waals surface area contributed by atoms with Crippen LogP contribution in [0.15, 0.2) is 18.2 Å². The van der Waals surface area contributed by atoms with E-state index < -0.39 is 12.0 Å². The van der Waals surface area contributed by atoms with Gasteiger partial charge >= 0.3 is 5.97 Å². The zero-order chi connectivity index (χ0) is 12.3. The lowest BCUT2D eigenvalue weighted by molar-refractivity contribution is -0.138. The van der Waals surface area contributed by atoms with Crippen LogP contribution in [0, 0.1) is 13.8 Å². The van der Waals surface area contributed by atoms with Gasteiger partial charge in [-0.05, 0) is 31.4 Å². The molecule has 4 nitrogen and oxygen atoms in total. The summed E-state index contributed by atoms with van der Waals surface area (Å²) in [5, 5.41) is 8.72. The number of aryl methyl sites for hydroxylation is 2. The molecule has 0 fully saturated rings. The van der Waals surface area contributed by atoms with Gasteiger partial charge in [0.05, 0.1) is 0 Å². The van der Waals surface area contributed by atoms with Crippen LogP contribution in [0.3, 0.4) is 0 Å². The van der Waals surface area contributed by atoms with Crippen molar-refractivity contribution in [2.45, 2.75) is 32.4 Å². The molecule has 0 spiro atoms. The molecule has 0 radical (unpaired) electrons. The summed E-state index contributed by atoms with van der Waals surface area (Å²) in [6.45, 7) is 3.94. The minimum Gasteiger partial charge on any atom is -0.480 e. The van der Waals surface area contributed by atoms with Crippen molar-refractivity contribution in [3.63, 3.8) is 0 Å². The van der Waals surface area contributed by atoms with Crippen molar-refractivity contribution in [1.29, 1.82) is 0 Å². The molecular weight excluding hydrogens is 204 g/mol. The van der Waals surface area contributed by atoms with E-state index in [0.717, 1.165) is 16.7 Å². The van der Waals surface area contributed by atoms with Crippen LogP contribution in [0.4, 0.5) is 0 Å². The van der Waals surface area contributed by atoms with Crippen molar-refractivity contribution in [3.05, 3.63) is 34.9 Å². The molecule has 4 heteroatoms. The fourth-order valence-corrected chi connectivity index (χ4v) is 1.66. The normalized spacial score (nSPS) is 14.5. The van der Waals surface area contributed by atoms with E-state index >= 15 is 0 Å². The highest BCUT2D eigenvalue weighted by atomic mass is 16.4. The summed E-state index contributed by atoms with van der Waals surface area (Å²) in [7, 11) is 0. The molecule has 0 heterocycles. The first kappa shape index (κ1) is 12.7. The number of carboxylic acids is 1. The standard InChI is InChI=1S/C12H18N2O2/c1-7-3-4-8(2)9(5-7)10(13)6-11(14)12(15)16/h3-5,10-11H,6,13-14H2,1-2H3,(H,15,16). The van der Waals surface area contributed by atoms with E-state index in [1.54, 1.807) is 0 Å². The number of rotatable bonds is 4. The lowest BCUT2D eigenvalue weighted by Crippen LogP contribution is -2.34. The first-order valence-electron chi connectivity index (χ1n) is 5.23.